The van der Waals surface area contributed by atoms with Crippen LogP contribution in [0.5, 0.6) is 0 Å². The van der Waals surface area contributed by atoms with Crippen molar-refractivity contribution < 1.29 is 8.42 Å². The summed E-state index contributed by atoms with van der Waals surface area (Å²) in [5, 5.41) is 0. The standard InChI is InChI=1S/C16H26ClNO2S/c1-13(2)12-15-6-8-16(9-7-15)14(3)18-21(19,20)11-5-4-10-17/h6-9,13-14,18H,4-5,10-12H2,1-3H3. The summed E-state index contributed by atoms with van der Waals surface area (Å²) in [5.74, 6) is 1.26. The number of hydrogen-bond acceptors (Lipinski definition) is 2. The van der Waals surface area contributed by atoms with Crippen LogP contribution < -0.4 is 4.72 Å². The number of unbranched alkanes of at least 4 members (excludes halogenated alkanes) is 1. The van der Waals surface area contributed by atoms with Gasteiger partial charge in [0.15, 0.2) is 0 Å². The summed E-state index contributed by atoms with van der Waals surface area (Å²) in [5.41, 5.74) is 2.27. The fraction of sp³-hybridized carbons (Fsp3) is 0.625. The first-order chi connectivity index (χ1) is 9.84. The third-order valence-corrected chi connectivity index (χ3v) is 5.08. The van der Waals surface area contributed by atoms with Crippen LogP contribution in [-0.2, 0) is 16.4 Å². The number of rotatable bonds is 9. The van der Waals surface area contributed by atoms with Crippen LogP contribution in [0, 0.1) is 5.92 Å². The van der Waals surface area contributed by atoms with Crippen molar-refractivity contribution in [3.8, 4) is 0 Å². The van der Waals surface area contributed by atoms with Gasteiger partial charge in [0.1, 0.15) is 0 Å². The maximum Gasteiger partial charge on any atom is 0.212 e. The lowest BCUT2D eigenvalue weighted by Gasteiger charge is -2.15. The molecule has 0 aromatic heterocycles. The Hall–Kier alpha value is -0.580. The predicted octanol–water partition coefficient (Wildman–Crippen LogP) is 3.88. The second-order valence-corrected chi connectivity index (χ2v) is 8.15. The van der Waals surface area contributed by atoms with Gasteiger partial charge in [-0.25, -0.2) is 13.1 Å². The summed E-state index contributed by atoms with van der Waals surface area (Å²) in [4.78, 5) is 0. The highest BCUT2D eigenvalue weighted by atomic mass is 35.5. The van der Waals surface area contributed by atoms with Gasteiger partial charge in [0.25, 0.3) is 0 Å². The lowest BCUT2D eigenvalue weighted by molar-refractivity contribution is 0.564. The number of nitrogens with one attached hydrogen (secondary N) is 1. The minimum Gasteiger partial charge on any atom is -0.212 e. The van der Waals surface area contributed by atoms with E-state index in [0.717, 1.165) is 18.4 Å². The van der Waals surface area contributed by atoms with E-state index in [9.17, 15) is 8.42 Å². The van der Waals surface area contributed by atoms with Crippen LogP contribution in [0.3, 0.4) is 0 Å². The number of sulfonamides is 1. The maximum atomic E-state index is 11.9. The molecule has 1 rings (SSSR count). The fourth-order valence-corrected chi connectivity index (χ4v) is 3.76. The van der Waals surface area contributed by atoms with Gasteiger partial charge < -0.3 is 0 Å². The highest BCUT2D eigenvalue weighted by molar-refractivity contribution is 7.89. The van der Waals surface area contributed by atoms with Crippen molar-refractivity contribution in [2.75, 3.05) is 11.6 Å². The van der Waals surface area contributed by atoms with Gasteiger partial charge >= 0.3 is 0 Å². The van der Waals surface area contributed by atoms with Crippen molar-refractivity contribution in [2.45, 2.75) is 46.1 Å². The average molecular weight is 332 g/mol. The Labute approximate surface area is 134 Å². The average Bonchev–Trinajstić information content (AvgIpc) is 2.38. The SMILES string of the molecule is CC(C)Cc1ccc(C(C)NS(=O)(=O)CCCCCl)cc1. The second-order valence-electron chi connectivity index (χ2n) is 5.89. The topological polar surface area (TPSA) is 46.2 Å². The van der Waals surface area contributed by atoms with Crippen LogP contribution in [0.15, 0.2) is 24.3 Å². The third kappa shape index (κ3) is 7.30. The number of benzene rings is 1. The van der Waals surface area contributed by atoms with Crippen LogP contribution in [0.2, 0.25) is 0 Å². The summed E-state index contributed by atoms with van der Waals surface area (Å²) in [6, 6.07) is 7.95. The molecule has 1 atom stereocenters. The van der Waals surface area contributed by atoms with Crippen molar-refractivity contribution in [2.24, 2.45) is 5.92 Å². The molecule has 1 unspecified atom stereocenters. The Bertz CT molecular complexity index is 512. The summed E-state index contributed by atoms with van der Waals surface area (Å²) in [7, 11) is -3.24. The van der Waals surface area contributed by atoms with Crippen molar-refractivity contribution in [1.29, 1.82) is 0 Å². The summed E-state index contributed by atoms with van der Waals surface area (Å²) in [6.07, 6.45) is 2.36. The molecule has 1 aromatic rings. The Morgan fingerprint density at radius 1 is 1.10 bits per heavy atom. The van der Waals surface area contributed by atoms with E-state index in [-0.39, 0.29) is 11.8 Å². The van der Waals surface area contributed by atoms with Gasteiger partial charge in [0.05, 0.1) is 5.75 Å². The smallest absolute Gasteiger partial charge is 0.212 e. The Balaban J connectivity index is 2.60. The van der Waals surface area contributed by atoms with Gasteiger partial charge in [-0.1, -0.05) is 38.1 Å². The Kier molecular flexibility index (Phi) is 7.71. The zero-order chi connectivity index (χ0) is 15.9. The van der Waals surface area contributed by atoms with Gasteiger partial charge in [0.2, 0.25) is 10.0 Å². The lowest BCUT2D eigenvalue weighted by atomic mass is 10.0. The molecule has 0 heterocycles. The van der Waals surface area contributed by atoms with E-state index in [4.69, 9.17) is 11.6 Å². The molecule has 0 fully saturated rings. The normalized spacial score (nSPS) is 13.6. The molecule has 0 spiro atoms. The predicted molar refractivity (Wildman–Crippen MR) is 90.3 cm³/mol. The Morgan fingerprint density at radius 3 is 2.24 bits per heavy atom. The molecular formula is C16H26ClNO2S. The highest BCUT2D eigenvalue weighted by Crippen LogP contribution is 2.16. The molecule has 0 saturated heterocycles. The van der Waals surface area contributed by atoms with Crippen LogP contribution in [0.4, 0.5) is 0 Å². The third-order valence-electron chi connectivity index (χ3n) is 3.28. The zero-order valence-electron chi connectivity index (χ0n) is 13.1. The van der Waals surface area contributed by atoms with E-state index >= 15 is 0 Å². The van der Waals surface area contributed by atoms with Crippen molar-refractivity contribution in [3.05, 3.63) is 35.4 Å². The van der Waals surface area contributed by atoms with Crippen LogP contribution in [0.1, 0.15) is 50.8 Å². The first kappa shape index (κ1) is 18.5. The number of alkyl halides is 1. The minimum absolute atomic E-state index is 0.134. The molecular weight excluding hydrogens is 306 g/mol. The summed E-state index contributed by atoms with van der Waals surface area (Å²) >= 11 is 5.57. The minimum atomic E-state index is -3.24. The molecule has 1 aromatic carbocycles. The largest absolute Gasteiger partial charge is 0.212 e. The van der Waals surface area contributed by atoms with Crippen LogP contribution >= 0.6 is 11.6 Å². The van der Waals surface area contributed by atoms with E-state index in [1.165, 1.54) is 5.56 Å². The molecule has 0 radical (unpaired) electrons. The fourth-order valence-electron chi connectivity index (χ4n) is 2.20. The quantitative estimate of drug-likeness (QED) is 0.551. The highest BCUT2D eigenvalue weighted by Gasteiger charge is 2.15. The van der Waals surface area contributed by atoms with Crippen molar-refractivity contribution >= 4 is 21.6 Å². The number of hydrogen-bond donors (Lipinski definition) is 1. The van der Waals surface area contributed by atoms with Gasteiger partial charge in [-0.15, -0.1) is 11.6 Å². The van der Waals surface area contributed by atoms with Gasteiger partial charge in [-0.05, 0) is 43.2 Å². The molecule has 5 heteroatoms. The van der Waals surface area contributed by atoms with Crippen molar-refractivity contribution in [1.82, 2.24) is 4.72 Å². The van der Waals surface area contributed by atoms with Gasteiger partial charge in [-0.2, -0.15) is 0 Å². The molecule has 21 heavy (non-hydrogen) atoms. The molecule has 1 N–H and O–H groups in total. The van der Waals surface area contributed by atoms with E-state index in [2.05, 4.69) is 30.7 Å². The van der Waals surface area contributed by atoms with E-state index < -0.39 is 10.0 Å². The summed E-state index contributed by atoms with van der Waals surface area (Å²) < 4.78 is 26.6. The van der Waals surface area contributed by atoms with Crippen molar-refractivity contribution in [3.63, 3.8) is 0 Å². The van der Waals surface area contributed by atoms with Gasteiger partial charge in [0, 0.05) is 11.9 Å². The molecule has 0 bridgehead atoms. The molecule has 0 saturated carbocycles. The monoisotopic (exact) mass is 331 g/mol. The number of halogens is 1. The van der Waals surface area contributed by atoms with E-state index in [1.807, 2.05) is 19.1 Å². The lowest BCUT2D eigenvalue weighted by Crippen LogP contribution is -2.29. The van der Waals surface area contributed by atoms with E-state index in [0.29, 0.717) is 18.2 Å². The maximum absolute atomic E-state index is 11.9. The molecule has 0 amide bonds. The zero-order valence-corrected chi connectivity index (χ0v) is 14.7. The Morgan fingerprint density at radius 2 is 1.71 bits per heavy atom. The molecule has 120 valence electrons. The molecule has 0 aliphatic carbocycles. The molecule has 3 nitrogen and oxygen atoms in total. The first-order valence-electron chi connectivity index (χ1n) is 7.49. The van der Waals surface area contributed by atoms with Gasteiger partial charge in [-0.3, -0.25) is 0 Å². The second kappa shape index (κ2) is 8.76. The molecule has 0 aliphatic heterocycles. The first-order valence-corrected chi connectivity index (χ1v) is 9.67. The molecule has 0 aliphatic rings. The van der Waals surface area contributed by atoms with Crippen LogP contribution in [0.25, 0.3) is 0 Å². The van der Waals surface area contributed by atoms with E-state index in [1.54, 1.807) is 0 Å². The summed E-state index contributed by atoms with van der Waals surface area (Å²) in [6.45, 7) is 6.24. The van der Waals surface area contributed by atoms with Crippen LogP contribution in [-0.4, -0.2) is 20.1 Å².